The number of carbonyl (C=O) groups is 1. The van der Waals surface area contributed by atoms with Gasteiger partial charge in [-0.2, -0.15) is 0 Å². The molecule has 5 heteroatoms. The van der Waals surface area contributed by atoms with Gasteiger partial charge in [0.1, 0.15) is 5.82 Å². The lowest BCUT2D eigenvalue weighted by atomic mass is 9.91. The molecule has 0 bridgehead atoms. The highest BCUT2D eigenvalue weighted by atomic mass is 16.2. The number of amides is 1. The van der Waals surface area contributed by atoms with Crippen LogP contribution in [0, 0.1) is 0 Å². The highest BCUT2D eigenvalue weighted by molar-refractivity contribution is 5.94. The molecule has 1 atom stereocenters. The molecule has 0 aliphatic carbocycles. The van der Waals surface area contributed by atoms with Gasteiger partial charge in [0.05, 0.1) is 0 Å². The number of nitrogens with one attached hydrogen (secondary N) is 1. The molecule has 1 fully saturated rings. The number of aryl methyl sites for hydroxylation is 2. The Balaban J connectivity index is 1.51. The first-order valence-electron chi connectivity index (χ1n) is 9.17. The molecule has 5 nitrogen and oxygen atoms in total. The highest BCUT2D eigenvalue weighted by Crippen LogP contribution is 2.23. The quantitative estimate of drug-likeness (QED) is 0.879. The van der Waals surface area contributed by atoms with Crippen molar-refractivity contribution in [2.24, 2.45) is 7.05 Å². The smallest absolute Gasteiger partial charge is 0.253 e. The summed E-state index contributed by atoms with van der Waals surface area (Å²) in [7, 11) is 3.88. The van der Waals surface area contributed by atoms with Crippen LogP contribution in [0.2, 0.25) is 0 Å². The summed E-state index contributed by atoms with van der Waals surface area (Å²) in [6.07, 6.45) is 8.02. The molecular weight excluding hydrogens is 312 g/mol. The number of hydrogen-bond donors (Lipinski definition) is 1. The molecule has 134 valence electrons. The van der Waals surface area contributed by atoms with E-state index in [1.165, 1.54) is 18.4 Å². The number of carbonyl (C=O) groups excluding carboxylic acids is 1. The van der Waals surface area contributed by atoms with Crippen LogP contribution in [0.1, 0.15) is 46.9 Å². The first kappa shape index (κ1) is 17.7. The van der Waals surface area contributed by atoms with Crippen molar-refractivity contribution in [2.75, 3.05) is 26.7 Å². The van der Waals surface area contributed by atoms with E-state index in [-0.39, 0.29) is 5.91 Å². The lowest BCUT2D eigenvalue weighted by Gasteiger charge is -2.23. The van der Waals surface area contributed by atoms with Gasteiger partial charge in [0.25, 0.3) is 5.91 Å². The summed E-state index contributed by atoms with van der Waals surface area (Å²) in [5, 5.41) is 3.45. The van der Waals surface area contributed by atoms with E-state index in [0.717, 1.165) is 43.9 Å². The Labute approximate surface area is 150 Å². The fraction of sp³-hybridized carbons (Fsp3) is 0.500. The first-order chi connectivity index (χ1) is 12.1. The van der Waals surface area contributed by atoms with Crippen molar-refractivity contribution in [3.63, 3.8) is 0 Å². The minimum Gasteiger partial charge on any atom is -0.342 e. The number of imidazole rings is 1. The Morgan fingerprint density at radius 1 is 1.36 bits per heavy atom. The van der Waals surface area contributed by atoms with Crippen molar-refractivity contribution in [2.45, 2.75) is 31.6 Å². The molecule has 1 aliphatic heterocycles. The molecule has 2 heterocycles. The third kappa shape index (κ3) is 4.48. The second kappa shape index (κ2) is 8.30. The predicted octanol–water partition coefficient (Wildman–Crippen LogP) is 2.59. The van der Waals surface area contributed by atoms with Crippen LogP contribution >= 0.6 is 0 Å². The van der Waals surface area contributed by atoms with Gasteiger partial charge >= 0.3 is 0 Å². The number of benzene rings is 1. The Morgan fingerprint density at radius 3 is 2.80 bits per heavy atom. The molecule has 25 heavy (non-hydrogen) atoms. The van der Waals surface area contributed by atoms with Crippen LogP contribution < -0.4 is 5.32 Å². The summed E-state index contributed by atoms with van der Waals surface area (Å²) in [5.41, 5.74) is 2.10. The predicted molar refractivity (Wildman–Crippen MR) is 99.8 cm³/mol. The largest absolute Gasteiger partial charge is 0.342 e. The summed E-state index contributed by atoms with van der Waals surface area (Å²) >= 11 is 0. The Bertz CT molecular complexity index is 686. The van der Waals surface area contributed by atoms with Gasteiger partial charge < -0.3 is 14.8 Å². The normalized spacial score (nSPS) is 17.4. The highest BCUT2D eigenvalue weighted by Gasteiger charge is 2.16. The topological polar surface area (TPSA) is 50.2 Å². The molecule has 1 N–H and O–H groups in total. The first-order valence-corrected chi connectivity index (χ1v) is 9.17. The van der Waals surface area contributed by atoms with Crippen LogP contribution in [-0.4, -0.2) is 47.0 Å². The number of hydrogen-bond acceptors (Lipinski definition) is 3. The standard InChI is InChI=1S/C20H28N4O/c1-23-14-12-22-19(23)6-4-13-24(2)20(25)17-9-7-16(8-10-17)18-5-3-11-21-15-18/h7-10,12,14,18,21H,3-6,11,13,15H2,1-2H3/t18-/m0/s1. The maximum absolute atomic E-state index is 12.6. The average molecular weight is 340 g/mol. The molecule has 0 unspecified atom stereocenters. The van der Waals surface area contributed by atoms with Crippen LogP contribution in [0.15, 0.2) is 36.7 Å². The number of rotatable bonds is 6. The Morgan fingerprint density at radius 2 is 2.16 bits per heavy atom. The summed E-state index contributed by atoms with van der Waals surface area (Å²) in [5.74, 6) is 1.73. The zero-order chi connectivity index (χ0) is 17.6. The van der Waals surface area contributed by atoms with Crippen LogP contribution in [0.3, 0.4) is 0 Å². The molecule has 1 aromatic carbocycles. The average Bonchev–Trinajstić information content (AvgIpc) is 3.07. The molecule has 3 rings (SSSR count). The Kier molecular flexibility index (Phi) is 5.87. The van der Waals surface area contributed by atoms with Gasteiger partial charge in [-0.1, -0.05) is 12.1 Å². The number of nitrogens with zero attached hydrogens (tertiary/aromatic N) is 3. The van der Waals surface area contributed by atoms with Crippen LogP contribution in [-0.2, 0) is 13.5 Å². The van der Waals surface area contributed by atoms with Crippen LogP contribution in [0.4, 0.5) is 0 Å². The minimum absolute atomic E-state index is 0.0909. The second-order valence-electron chi connectivity index (χ2n) is 6.95. The van der Waals surface area contributed by atoms with Crippen molar-refractivity contribution >= 4 is 5.91 Å². The minimum atomic E-state index is 0.0909. The molecular formula is C20H28N4O. The summed E-state index contributed by atoms with van der Waals surface area (Å²) in [4.78, 5) is 18.7. The van der Waals surface area contributed by atoms with Crippen molar-refractivity contribution < 1.29 is 4.79 Å². The van der Waals surface area contributed by atoms with Crippen molar-refractivity contribution in [3.05, 3.63) is 53.6 Å². The SMILES string of the molecule is CN(CCCc1nccn1C)C(=O)c1ccc([C@H]2CCCNC2)cc1. The fourth-order valence-corrected chi connectivity index (χ4v) is 3.47. The lowest BCUT2D eigenvalue weighted by molar-refractivity contribution is 0.0793. The van der Waals surface area contributed by atoms with Crippen molar-refractivity contribution in [1.29, 1.82) is 0 Å². The second-order valence-corrected chi connectivity index (χ2v) is 6.95. The van der Waals surface area contributed by atoms with E-state index in [2.05, 4.69) is 22.4 Å². The summed E-state index contributed by atoms with van der Waals surface area (Å²) in [6.45, 7) is 2.90. The van der Waals surface area contributed by atoms with E-state index >= 15 is 0 Å². The van der Waals surface area contributed by atoms with Crippen molar-refractivity contribution in [1.82, 2.24) is 19.8 Å². The van der Waals surface area contributed by atoms with Gasteiger partial charge in [-0.05, 0) is 49.4 Å². The molecule has 2 aromatic rings. The molecule has 1 aromatic heterocycles. The van der Waals surface area contributed by atoms with Crippen LogP contribution in [0.25, 0.3) is 0 Å². The summed E-state index contributed by atoms with van der Waals surface area (Å²) < 4.78 is 2.03. The van der Waals surface area contributed by atoms with E-state index in [4.69, 9.17) is 0 Å². The maximum atomic E-state index is 12.6. The zero-order valence-electron chi connectivity index (χ0n) is 15.2. The van der Waals surface area contributed by atoms with Gasteiger partial charge in [0.15, 0.2) is 0 Å². The maximum Gasteiger partial charge on any atom is 0.253 e. The Hall–Kier alpha value is -2.14. The van der Waals surface area contributed by atoms with Gasteiger partial charge in [-0.25, -0.2) is 4.98 Å². The van der Waals surface area contributed by atoms with Crippen LogP contribution in [0.5, 0.6) is 0 Å². The lowest BCUT2D eigenvalue weighted by Crippen LogP contribution is -2.29. The van der Waals surface area contributed by atoms with Gasteiger partial charge in [0.2, 0.25) is 0 Å². The van der Waals surface area contributed by atoms with Crippen molar-refractivity contribution in [3.8, 4) is 0 Å². The summed E-state index contributed by atoms with van der Waals surface area (Å²) in [6, 6.07) is 8.18. The van der Waals surface area contributed by atoms with Gasteiger partial charge in [0, 0.05) is 51.6 Å². The number of piperidine rings is 1. The van der Waals surface area contributed by atoms with Gasteiger partial charge in [-0.15, -0.1) is 0 Å². The van der Waals surface area contributed by atoms with E-state index in [0.29, 0.717) is 5.92 Å². The zero-order valence-corrected chi connectivity index (χ0v) is 15.2. The van der Waals surface area contributed by atoms with E-state index < -0.39 is 0 Å². The van der Waals surface area contributed by atoms with E-state index in [9.17, 15) is 4.79 Å². The van der Waals surface area contributed by atoms with E-state index in [1.807, 2.05) is 43.2 Å². The fourth-order valence-electron chi connectivity index (χ4n) is 3.47. The third-order valence-corrected chi connectivity index (χ3v) is 5.09. The monoisotopic (exact) mass is 340 g/mol. The molecule has 1 aliphatic rings. The molecule has 0 radical (unpaired) electrons. The number of aromatic nitrogens is 2. The molecule has 0 saturated carbocycles. The van der Waals surface area contributed by atoms with E-state index in [1.54, 1.807) is 4.90 Å². The van der Waals surface area contributed by atoms with Gasteiger partial charge in [-0.3, -0.25) is 4.79 Å². The molecule has 1 amide bonds. The third-order valence-electron chi connectivity index (χ3n) is 5.09. The molecule has 0 spiro atoms. The molecule has 1 saturated heterocycles.